The Morgan fingerprint density at radius 2 is 1.81 bits per heavy atom. The summed E-state index contributed by atoms with van der Waals surface area (Å²) in [5.41, 5.74) is 6.70. The van der Waals surface area contributed by atoms with Crippen molar-refractivity contribution in [1.29, 1.82) is 0 Å². The van der Waals surface area contributed by atoms with E-state index in [2.05, 4.69) is 48.0 Å². The van der Waals surface area contributed by atoms with Crippen molar-refractivity contribution in [2.24, 2.45) is 7.05 Å². The lowest BCUT2D eigenvalue weighted by molar-refractivity contribution is -0.659. The molecule has 3 heterocycles. The topological polar surface area (TPSA) is 16.8 Å². The first kappa shape index (κ1) is 13.4. The van der Waals surface area contributed by atoms with E-state index in [0.717, 1.165) is 38.6 Å². The number of pyridine rings is 2. The van der Waals surface area contributed by atoms with Crippen LogP contribution in [0.15, 0.2) is 54.7 Å². The van der Waals surface area contributed by atoms with Gasteiger partial charge in [-0.05, 0) is 50.5 Å². The SMILES string of the molecule is [2H]C([2H])([2H])c1ccc(-c2cc3sc4cc5cc(C)ccc5nc4c3c[n+]2C)c(C)c1. The van der Waals surface area contributed by atoms with Crippen molar-refractivity contribution >= 4 is 42.5 Å². The van der Waals surface area contributed by atoms with Crippen LogP contribution >= 0.6 is 11.3 Å². The number of thiophene rings is 1. The van der Waals surface area contributed by atoms with Crippen molar-refractivity contribution in [3.8, 4) is 11.3 Å². The third-order valence-electron chi connectivity index (χ3n) is 5.15. The first-order valence-corrected chi connectivity index (χ1v) is 9.77. The van der Waals surface area contributed by atoms with Gasteiger partial charge in [0.2, 0.25) is 5.69 Å². The first-order chi connectivity index (χ1) is 14.2. The van der Waals surface area contributed by atoms with Gasteiger partial charge in [-0.1, -0.05) is 29.3 Å². The average molecular weight is 373 g/mol. The van der Waals surface area contributed by atoms with Crippen LogP contribution in [0.4, 0.5) is 0 Å². The van der Waals surface area contributed by atoms with Gasteiger partial charge in [0, 0.05) is 25.8 Å². The highest BCUT2D eigenvalue weighted by Crippen LogP contribution is 2.36. The zero-order chi connectivity index (χ0) is 21.2. The van der Waals surface area contributed by atoms with E-state index in [0.29, 0.717) is 5.56 Å². The van der Waals surface area contributed by atoms with Gasteiger partial charge in [-0.25, -0.2) is 9.55 Å². The maximum Gasteiger partial charge on any atom is 0.213 e. The third kappa shape index (κ3) is 2.62. The normalized spacial score (nSPS) is 13.8. The number of aryl methyl sites for hydroxylation is 4. The molecule has 2 nitrogen and oxygen atoms in total. The minimum atomic E-state index is -2.09. The summed E-state index contributed by atoms with van der Waals surface area (Å²) in [4.78, 5) is 4.94. The fraction of sp³-hybridized carbons (Fsp3) is 0.167. The molecule has 27 heavy (non-hydrogen) atoms. The molecule has 0 aliphatic carbocycles. The van der Waals surface area contributed by atoms with Gasteiger partial charge < -0.3 is 0 Å². The molecule has 5 rings (SSSR count). The van der Waals surface area contributed by atoms with Crippen LogP contribution in [-0.2, 0) is 7.05 Å². The summed E-state index contributed by atoms with van der Waals surface area (Å²) in [7, 11) is 2.03. The molecule has 5 aromatic rings. The first-order valence-electron chi connectivity index (χ1n) is 10.5. The Morgan fingerprint density at radius 3 is 2.63 bits per heavy atom. The van der Waals surface area contributed by atoms with E-state index in [-0.39, 0.29) is 0 Å². The lowest BCUT2D eigenvalue weighted by Gasteiger charge is -2.05. The van der Waals surface area contributed by atoms with Crippen LogP contribution in [0.2, 0.25) is 0 Å². The van der Waals surface area contributed by atoms with Gasteiger partial charge in [0.15, 0.2) is 6.20 Å². The molecule has 0 N–H and O–H groups in total. The molecule has 2 aromatic carbocycles. The predicted octanol–water partition coefficient (Wildman–Crippen LogP) is 6.02. The number of hydrogen-bond donors (Lipinski definition) is 0. The second-order valence-electron chi connectivity index (χ2n) is 7.21. The van der Waals surface area contributed by atoms with Crippen molar-refractivity contribution in [2.45, 2.75) is 20.7 Å². The molecule has 0 aliphatic heterocycles. The Labute approximate surface area is 166 Å². The molecule has 132 valence electrons. The predicted molar refractivity (Wildman–Crippen MR) is 115 cm³/mol. The Kier molecular flexibility index (Phi) is 2.91. The van der Waals surface area contributed by atoms with Gasteiger partial charge in [-0.15, -0.1) is 11.3 Å². The van der Waals surface area contributed by atoms with Gasteiger partial charge in [0.25, 0.3) is 0 Å². The van der Waals surface area contributed by atoms with Crippen LogP contribution in [0.3, 0.4) is 0 Å². The summed E-state index contributed by atoms with van der Waals surface area (Å²) in [6, 6.07) is 16.2. The second-order valence-corrected chi connectivity index (χ2v) is 8.29. The lowest BCUT2D eigenvalue weighted by Crippen LogP contribution is -2.30. The number of rotatable bonds is 1. The molecule has 0 unspecified atom stereocenters. The second kappa shape index (κ2) is 5.86. The highest BCUT2D eigenvalue weighted by atomic mass is 32.1. The molecule has 0 atom stereocenters. The number of hydrogen-bond acceptors (Lipinski definition) is 2. The van der Waals surface area contributed by atoms with E-state index < -0.39 is 6.85 Å². The smallest absolute Gasteiger partial charge is 0.213 e. The standard InChI is InChI=1S/C24H21N2S/c1-14-5-7-18(16(3)9-14)21-12-22-19(13-26(21)4)24-23(27-22)11-17-10-15(2)6-8-20(17)25-24/h5-13H,1-4H3/q+1/i1D3. The summed E-state index contributed by atoms with van der Waals surface area (Å²) in [5.74, 6) is 0. The quantitative estimate of drug-likeness (QED) is 0.329. The van der Waals surface area contributed by atoms with Crippen LogP contribution in [0.5, 0.6) is 0 Å². The molecular formula is C24H21N2S+. The minimum absolute atomic E-state index is 0.375. The average Bonchev–Trinajstić information content (AvgIpc) is 3.01. The highest BCUT2D eigenvalue weighted by Gasteiger charge is 2.18. The summed E-state index contributed by atoms with van der Waals surface area (Å²) in [6.07, 6.45) is 2.13. The number of benzene rings is 2. The van der Waals surface area contributed by atoms with Gasteiger partial charge in [0.1, 0.15) is 7.05 Å². The van der Waals surface area contributed by atoms with Gasteiger partial charge in [0.05, 0.1) is 21.1 Å². The van der Waals surface area contributed by atoms with E-state index in [1.54, 1.807) is 23.5 Å². The van der Waals surface area contributed by atoms with E-state index in [4.69, 9.17) is 9.10 Å². The molecule has 0 fully saturated rings. The summed E-state index contributed by atoms with van der Waals surface area (Å²) < 4.78 is 27.4. The number of aromatic nitrogens is 2. The van der Waals surface area contributed by atoms with Crippen molar-refractivity contribution in [1.82, 2.24) is 4.98 Å². The summed E-state index contributed by atoms with van der Waals surface area (Å²) in [5, 5.41) is 2.30. The summed E-state index contributed by atoms with van der Waals surface area (Å²) in [6.45, 7) is 1.98. The summed E-state index contributed by atoms with van der Waals surface area (Å²) >= 11 is 1.75. The van der Waals surface area contributed by atoms with Crippen molar-refractivity contribution < 1.29 is 8.68 Å². The van der Waals surface area contributed by atoms with Gasteiger partial charge in [-0.2, -0.15) is 0 Å². The van der Waals surface area contributed by atoms with Crippen LogP contribution in [0.25, 0.3) is 42.5 Å². The monoisotopic (exact) mass is 372 g/mol. The Morgan fingerprint density at radius 1 is 0.963 bits per heavy atom. The van der Waals surface area contributed by atoms with E-state index >= 15 is 0 Å². The van der Waals surface area contributed by atoms with Gasteiger partial charge >= 0.3 is 0 Å². The van der Waals surface area contributed by atoms with Crippen molar-refractivity contribution in [3.63, 3.8) is 0 Å². The van der Waals surface area contributed by atoms with Gasteiger partial charge in [-0.3, -0.25) is 0 Å². The molecule has 0 radical (unpaired) electrons. The van der Waals surface area contributed by atoms with Crippen LogP contribution in [0, 0.1) is 20.7 Å². The molecule has 0 saturated heterocycles. The molecule has 0 saturated carbocycles. The third-order valence-corrected chi connectivity index (χ3v) is 6.24. The van der Waals surface area contributed by atoms with E-state index in [9.17, 15) is 0 Å². The molecular weight excluding hydrogens is 348 g/mol. The highest BCUT2D eigenvalue weighted by molar-refractivity contribution is 7.25. The Hall–Kier alpha value is -2.78. The fourth-order valence-corrected chi connectivity index (χ4v) is 4.88. The maximum atomic E-state index is 7.65. The number of nitrogens with zero attached hydrogens (tertiary/aromatic N) is 2. The lowest BCUT2D eigenvalue weighted by atomic mass is 10.0. The van der Waals surface area contributed by atoms with E-state index in [1.165, 1.54) is 15.0 Å². The van der Waals surface area contributed by atoms with E-state index in [1.807, 2.05) is 20.0 Å². The molecule has 0 aliphatic rings. The number of fused-ring (bicyclic) bond motifs is 4. The molecule has 0 bridgehead atoms. The maximum absolute atomic E-state index is 7.65. The molecule has 3 aromatic heterocycles. The Bertz CT molecular complexity index is 1470. The van der Waals surface area contributed by atoms with Crippen molar-refractivity contribution in [2.75, 3.05) is 0 Å². The fourth-order valence-electron chi connectivity index (χ4n) is 3.78. The molecule has 3 heteroatoms. The van der Waals surface area contributed by atoms with Crippen LogP contribution in [0.1, 0.15) is 20.8 Å². The Balaban J connectivity index is 1.72. The molecule has 0 amide bonds. The molecule has 0 spiro atoms. The van der Waals surface area contributed by atoms with Crippen LogP contribution < -0.4 is 4.57 Å². The zero-order valence-corrected chi connectivity index (χ0v) is 16.3. The van der Waals surface area contributed by atoms with Crippen molar-refractivity contribution in [3.05, 3.63) is 71.4 Å². The largest absolute Gasteiger partial charge is 0.246 e. The zero-order valence-electron chi connectivity index (χ0n) is 18.5. The minimum Gasteiger partial charge on any atom is -0.246 e. The van der Waals surface area contributed by atoms with Crippen LogP contribution in [-0.4, -0.2) is 4.98 Å².